The standard InChI is InChI=1S/C22H27NO6/c1-3-10-27-20(24)12-18-14-23(15-19(18)13-21(25)28-11-4-2)22(26)29-16-17-8-6-5-7-9-17/h3-9,18-19H,1-2,10-16H2/t18-,19+. The van der Waals surface area contributed by atoms with Crippen LogP contribution in [0.1, 0.15) is 18.4 Å². The molecule has 7 heteroatoms. The van der Waals surface area contributed by atoms with E-state index >= 15 is 0 Å². The predicted octanol–water partition coefficient (Wildman–Crippen LogP) is 3.11. The Balaban J connectivity index is 1.95. The van der Waals surface area contributed by atoms with E-state index in [1.165, 1.54) is 17.1 Å². The SMILES string of the molecule is C=CCOC(=O)C[C@@H]1CN(C(=O)OCc2ccccc2)C[C@@H]1CC(=O)OCC=C. The van der Waals surface area contributed by atoms with Crippen LogP contribution in [0, 0.1) is 11.8 Å². The lowest BCUT2D eigenvalue weighted by Crippen LogP contribution is -2.30. The molecule has 0 radical (unpaired) electrons. The Morgan fingerprint density at radius 2 is 1.41 bits per heavy atom. The number of hydrogen-bond donors (Lipinski definition) is 0. The van der Waals surface area contributed by atoms with E-state index in [-0.39, 0.29) is 56.4 Å². The average Bonchev–Trinajstić information content (AvgIpc) is 3.11. The molecular formula is C22H27NO6. The number of nitrogens with zero attached hydrogens (tertiary/aromatic N) is 1. The zero-order valence-electron chi connectivity index (χ0n) is 16.5. The minimum Gasteiger partial charge on any atom is -0.461 e. The first-order chi connectivity index (χ1) is 14.0. The van der Waals surface area contributed by atoms with Gasteiger partial charge in [-0.15, -0.1) is 0 Å². The van der Waals surface area contributed by atoms with Gasteiger partial charge in [0.25, 0.3) is 0 Å². The van der Waals surface area contributed by atoms with Gasteiger partial charge in [-0.1, -0.05) is 55.6 Å². The first kappa shape index (κ1) is 22.2. The van der Waals surface area contributed by atoms with Crippen LogP contribution >= 0.6 is 0 Å². The van der Waals surface area contributed by atoms with Crippen LogP contribution in [0.4, 0.5) is 4.79 Å². The molecule has 0 aromatic heterocycles. The third-order valence-electron chi connectivity index (χ3n) is 4.62. The highest BCUT2D eigenvalue weighted by Crippen LogP contribution is 2.30. The lowest BCUT2D eigenvalue weighted by Gasteiger charge is -2.16. The molecule has 1 aliphatic heterocycles. The third kappa shape index (κ3) is 7.44. The normalized spacial score (nSPS) is 18.0. The van der Waals surface area contributed by atoms with E-state index < -0.39 is 6.09 Å². The Bertz CT molecular complexity index is 683. The Kier molecular flexibility index (Phi) is 8.95. The molecule has 156 valence electrons. The van der Waals surface area contributed by atoms with Crippen LogP contribution in [-0.2, 0) is 30.4 Å². The second kappa shape index (κ2) is 11.7. The first-order valence-electron chi connectivity index (χ1n) is 9.52. The van der Waals surface area contributed by atoms with Crippen LogP contribution in [0.15, 0.2) is 55.6 Å². The fourth-order valence-electron chi connectivity index (χ4n) is 3.21. The summed E-state index contributed by atoms with van der Waals surface area (Å²) >= 11 is 0. The Labute approximate surface area is 170 Å². The Morgan fingerprint density at radius 3 is 1.90 bits per heavy atom. The summed E-state index contributed by atoms with van der Waals surface area (Å²) in [6.45, 7) is 8.07. The van der Waals surface area contributed by atoms with Crippen molar-refractivity contribution < 1.29 is 28.6 Å². The van der Waals surface area contributed by atoms with Crippen LogP contribution in [0.3, 0.4) is 0 Å². The van der Waals surface area contributed by atoms with Crippen LogP contribution in [0.25, 0.3) is 0 Å². The largest absolute Gasteiger partial charge is 0.461 e. The summed E-state index contributed by atoms with van der Waals surface area (Å²) in [6.07, 6.45) is 2.72. The van der Waals surface area contributed by atoms with Gasteiger partial charge in [0.15, 0.2) is 0 Å². The molecule has 2 rings (SSSR count). The zero-order chi connectivity index (χ0) is 21.1. The highest BCUT2D eigenvalue weighted by atomic mass is 16.6. The van der Waals surface area contributed by atoms with Crippen molar-refractivity contribution in [3.8, 4) is 0 Å². The van der Waals surface area contributed by atoms with Gasteiger partial charge in [-0.2, -0.15) is 0 Å². The van der Waals surface area contributed by atoms with Gasteiger partial charge in [0.2, 0.25) is 0 Å². The van der Waals surface area contributed by atoms with Crippen molar-refractivity contribution in [3.05, 3.63) is 61.2 Å². The van der Waals surface area contributed by atoms with Gasteiger partial charge in [0.1, 0.15) is 19.8 Å². The van der Waals surface area contributed by atoms with Gasteiger partial charge < -0.3 is 19.1 Å². The van der Waals surface area contributed by atoms with Gasteiger partial charge in [-0.3, -0.25) is 9.59 Å². The number of likely N-dealkylation sites (tertiary alicyclic amines) is 1. The summed E-state index contributed by atoms with van der Waals surface area (Å²) in [4.78, 5) is 38.0. The number of rotatable bonds is 10. The minimum absolute atomic E-state index is 0.107. The maximum atomic E-state index is 12.5. The topological polar surface area (TPSA) is 82.1 Å². The van der Waals surface area contributed by atoms with E-state index in [2.05, 4.69) is 13.2 Å². The second-order valence-corrected chi connectivity index (χ2v) is 6.82. The number of carbonyl (C=O) groups excluding carboxylic acids is 3. The molecule has 0 N–H and O–H groups in total. The lowest BCUT2D eigenvalue weighted by molar-refractivity contribution is -0.146. The number of ether oxygens (including phenoxy) is 3. The summed E-state index contributed by atoms with van der Waals surface area (Å²) in [6, 6.07) is 9.36. The van der Waals surface area contributed by atoms with Gasteiger partial charge in [-0.25, -0.2) is 4.79 Å². The van der Waals surface area contributed by atoms with E-state index in [4.69, 9.17) is 14.2 Å². The van der Waals surface area contributed by atoms with E-state index in [1.807, 2.05) is 30.3 Å². The van der Waals surface area contributed by atoms with Crippen molar-refractivity contribution in [2.24, 2.45) is 11.8 Å². The van der Waals surface area contributed by atoms with Gasteiger partial charge in [0, 0.05) is 13.1 Å². The summed E-state index contributed by atoms with van der Waals surface area (Å²) in [7, 11) is 0. The molecule has 2 atom stereocenters. The molecule has 0 aliphatic carbocycles. The smallest absolute Gasteiger partial charge is 0.410 e. The molecule has 29 heavy (non-hydrogen) atoms. The molecule has 0 spiro atoms. The number of carbonyl (C=O) groups is 3. The number of amides is 1. The summed E-state index contributed by atoms with van der Waals surface area (Å²) < 4.78 is 15.5. The molecule has 0 bridgehead atoms. The summed E-state index contributed by atoms with van der Waals surface area (Å²) in [5.41, 5.74) is 0.883. The van der Waals surface area contributed by atoms with Gasteiger partial charge in [0.05, 0.1) is 12.8 Å². The number of esters is 2. The first-order valence-corrected chi connectivity index (χ1v) is 9.52. The molecule has 0 saturated carbocycles. The van der Waals surface area contributed by atoms with E-state index in [0.29, 0.717) is 13.1 Å². The highest BCUT2D eigenvalue weighted by molar-refractivity contribution is 5.73. The summed E-state index contributed by atoms with van der Waals surface area (Å²) in [5, 5.41) is 0. The molecule has 1 aromatic carbocycles. The Hall–Kier alpha value is -3.09. The lowest BCUT2D eigenvalue weighted by atomic mass is 9.90. The molecule has 0 unspecified atom stereocenters. The zero-order valence-corrected chi connectivity index (χ0v) is 16.5. The van der Waals surface area contributed by atoms with Crippen molar-refractivity contribution in [2.45, 2.75) is 19.4 Å². The van der Waals surface area contributed by atoms with E-state index in [9.17, 15) is 14.4 Å². The molecular weight excluding hydrogens is 374 g/mol. The van der Waals surface area contributed by atoms with Crippen LogP contribution < -0.4 is 0 Å². The fraction of sp³-hybridized carbons (Fsp3) is 0.409. The minimum atomic E-state index is -0.472. The maximum Gasteiger partial charge on any atom is 0.410 e. The Morgan fingerprint density at radius 1 is 0.897 bits per heavy atom. The predicted molar refractivity (Wildman–Crippen MR) is 107 cm³/mol. The van der Waals surface area contributed by atoms with Crippen molar-refractivity contribution in [1.29, 1.82) is 0 Å². The highest BCUT2D eigenvalue weighted by Gasteiger charge is 2.38. The van der Waals surface area contributed by atoms with Gasteiger partial charge in [-0.05, 0) is 17.4 Å². The fourth-order valence-corrected chi connectivity index (χ4v) is 3.21. The molecule has 7 nitrogen and oxygen atoms in total. The van der Waals surface area contributed by atoms with Crippen LogP contribution in [-0.4, -0.2) is 49.2 Å². The molecule has 1 fully saturated rings. The third-order valence-corrected chi connectivity index (χ3v) is 4.62. The molecule has 1 saturated heterocycles. The van der Waals surface area contributed by atoms with Crippen LogP contribution in [0.2, 0.25) is 0 Å². The van der Waals surface area contributed by atoms with Gasteiger partial charge >= 0.3 is 18.0 Å². The average molecular weight is 401 g/mol. The van der Waals surface area contributed by atoms with E-state index in [1.54, 1.807) is 0 Å². The quantitative estimate of drug-likeness (QED) is 0.340. The van der Waals surface area contributed by atoms with Crippen LogP contribution in [0.5, 0.6) is 0 Å². The summed E-state index contributed by atoms with van der Waals surface area (Å²) in [5.74, 6) is -1.21. The monoisotopic (exact) mass is 401 g/mol. The maximum absolute atomic E-state index is 12.5. The second-order valence-electron chi connectivity index (χ2n) is 6.82. The molecule has 1 amide bonds. The van der Waals surface area contributed by atoms with Crippen molar-refractivity contribution in [1.82, 2.24) is 4.90 Å². The van der Waals surface area contributed by atoms with Crippen molar-refractivity contribution in [3.63, 3.8) is 0 Å². The van der Waals surface area contributed by atoms with Crippen molar-refractivity contribution in [2.75, 3.05) is 26.3 Å². The number of hydrogen-bond acceptors (Lipinski definition) is 6. The van der Waals surface area contributed by atoms with Crippen molar-refractivity contribution >= 4 is 18.0 Å². The molecule has 1 aromatic rings. The number of benzene rings is 1. The molecule has 1 heterocycles. The molecule has 1 aliphatic rings. The van der Waals surface area contributed by atoms with E-state index in [0.717, 1.165) is 5.56 Å².